The smallest absolute Gasteiger partial charge is 0.255 e. The van der Waals surface area contributed by atoms with Crippen LogP contribution in [0.3, 0.4) is 0 Å². The van der Waals surface area contributed by atoms with Crippen LogP contribution in [0, 0.1) is 0 Å². The van der Waals surface area contributed by atoms with Gasteiger partial charge in [0.2, 0.25) is 0 Å². The molecule has 132 valence electrons. The molecule has 2 amide bonds. The molecule has 5 heteroatoms. The summed E-state index contributed by atoms with van der Waals surface area (Å²) in [6.45, 7) is 5.52. The van der Waals surface area contributed by atoms with Crippen molar-refractivity contribution in [1.82, 2.24) is 4.90 Å². The highest BCUT2D eigenvalue weighted by atomic mass is 16.2. The number of amides is 2. The van der Waals surface area contributed by atoms with Crippen LogP contribution >= 0.6 is 0 Å². The zero-order valence-electron chi connectivity index (χ0n) is 14.8. The van der Waals surface area contributed by atoms with Gasteiger partial charge in [0.1, 0.15) is 0 Å². The van der Waals surface area contributed by atoms with Crippen molar-refractivity contribution in [1.29, 1.82) is 0 Å². The average molecular weight is 339 g/mol. The van der Waals surface area contributed by atoms with E-state index in [1.165, 1.54) is 0 Å². The summed E-state index contributed by atoms with van der Waals surface area (Å²) < 4.78 is 0. The first kappa shape index (κ1) is 18.5. The van der Waals surface area contributed by atoms with E-state index in [0.717, 1.165) is 12.8 Å². The predicted octanol–water partition coefficient (Wildman–Crippen LogP) is 3.78. The van der Waals surface area contributed by atoms with Crippen LogP contribution < -0.4 is 11.1 Å². The fraction of sp³-hybridized carbons (Fsp3) is 0.300. The van der Waals surface area contributed by atoms with Crippen molar-refractivity contribution in [3.8, 4) is 0 Å². The normalized spacial score (nSPS) is 10.3. The molecule has 0 aromatic heterocycles. The molecule has 0 aliphatic rings. The van der Waals surface area contributed by atoms with Gasteiger partial charge in [0, 0.05) is 24.2 Å². The van der Waals surface area contributed by atoms with Crippen molar-refractivity contribution in [3.05, 3.63) is 59.7 Å². The van der Waals surface area contributed by atoms with Gasteiger partial charge in [-0.3, -0.25) is 9.59 Å². The summed E-state index contributed by atoms with van der Waals surface area (Å²) in [5.74, 6) is -0.331. The lowest BCUT2D eigenvalue weighted by Gasteiger charge is -2.21. The van der Waals surface area contributed by atoms with Crippen LogP contribution in [0.15, 0.2) is 48.5 Å². The van der Waals surface area contributed by atoms with E-state index < -0.39 is 0 Å². The minimum Gasteiger partial charge on any atom is -0.397 e. The van der Waals surface area contributed by atoms with Gasteiger partial charge < -0.3 is 16.0 Å². The molecule has 0 saturated heterocycles. The molecule has 3 N–H and O–H groups in total. The lowest BCUT2D eigenvalue weighted by atomic mass is 10.1. The molecule has 0 atom stereocenters. The van der Waals surface area contributed by atoms with Crippen LogP contribution in [0.4, 0.5) is 11.4 Å². The molecule has 2 rings (SSSR count). The number of nitrogens with two attached hydrogens (primary N) is 1. The van der Waals surface area contributed by atoms with Gasteiger partial charge in [-0.2, -0.15) is 0 Å². The Bertz CT molecular complexity index is 737. The number of rotatable bonds is 7. The Labute approximate surface area is 148 Å². The topological polar surface area (TPSA) is 75.4 Å². The number of nitrogens with zero attached hydrogens (tertiary/aromatic N) is 1. The second kappa shape index (κ2) is 8.87. The molecule has 2 aromatic carbocycles. The Morgan fingerprint density at radius 1 is 0.960 bits per heavy atom. The zero-order valence-corrected chi connectivity index (χ0v) is 14.8. The third-order valence-electron chi connectivity index (χ3n) is 3.85. The molecule has 0 aliphatic carbocycles. The monoisotopic (exact) mass is 339 g/mol. The number of hydrogen-bond acceptors (Lipinski definition) is 3. The SMILES string of the molecule is CCCN(CCC)C(=O)c1cccc(C(=O)Nc2ccccc2N)c1. The second-order valence-corrected chi connectivity index (χ2v) is 5.91. The predicted molar refractivity (Wildman–Crippen MR) is 102 cm³/mol. The van der Waals surface area contributed by atoms with E-state index in [4.69, 9.17) is 5.73 Å². The van der Waals surface area contributed by atoms with Crippen LogP contribution in [-0.4, -0.2) is 29.8 Å². The first-order chi connectivity index (χ1) is 12.1. The summed E-state index contributed by atoms with van der Waals surface area (Å²) in [6, 6.07) is 13.9. The van der Waals surface area contributed by atoms with Gasteiger partial charge in [-0.05, 0) is 43.2 Å². The number of carbonyl (C=O) groups excluding carboxylic acids is 2. The Kier molecular flexibility index (Phi) is 6.57. The molecule has 0 heterocycles. The average Bonchev–Trinajstić information content (AvgIpc) is 2.63. The van der Waals surface area contributed by atoms with Crippen LogP contribution in [-0.2, 0) is 0 Å². The van der Waals surface area contributed by atoms with Gasteiger partial charge >= 0.3 is 0 Å². The van der Waals surface area contributed by atoms with Crippen molar-refractivity contribution >= 4 is 23.2 Å². The number of carbonyl (C=O) groups is 2. The van der Waals surface area contributed by atoms with Crippen molar-refractivity contribution in [3.63, 3.8) is 0 Å². The zero-order chi connectivity index (χ0) is 18.2. The standard InChI is InChI=1S/C20H25N3O2/c1-3-12-23(13-4-2)20(25)16-9-7-8-15(14-16)19(24)22-18-11-6-5-10-17(18)21/h5-11,14H,3-4,12-13,21H2,1-2H3,(H,22,24). The molecule has 0 unspecified atom stereocenters. The Balaban J connectivity index is 2.18. The van der Waals surface area contributed by atoms with E-state index in [9.17, 15) is 9.59 Å². The van der Waals surface area contributed by atoms with Crippen LogP contribution in [0.2, 0.25) is 0 Å². The van der Waals surface area contributed by atoms with Gasteiger partial charge in [-0.15, -0.1) is 0 Å². The summed E-state index contributed by atoms with van der Waals surface area (Å²) in [7, 11) is 0. The molecule has 0 aliphatic heterocycles. The van der Waals surface area contributed by atoms with E-state index in [-0.39, 0.29) is 11.8 Å². The third-order valence-corrected chi connectivity index (χ3v) is 3.85. The molecule has 0 bridgehead atoms. The summed E-state index contributed by atoms with van der Waals surface area (Å²) in [6.07, 6.45) is 1.80. The summed E-state index contributed by atoms with van der Waals surface area (Å²) in [5, 5.41) is 2.78. The first-order valence-corrected chi connectivity index (χ1v) is 8.62. The number of hydrogen-bond donors (Lipinski definition) is 2. The van der Waals surface area contributed by atoms with Crippen molar-refractivity contribution in [2.75, 3.05) is 24.1 Å². The largest absolute Gasteiger partial charge is 0.397 e. The number of anilines is 2. The number of nitrogen functional groups attached to an aromatic ring is 1. The highest BCUT2D eigenvalue weighted by Crippen LogP contribution is 2.18. The summed E-state index contributed by atoms with van der Waals surface area (Å²) in [4.78, 5) is 27.0. The quantitative estimate of drug-likeness (QED) is 0.754. The van der Waals surface area contributed by atoms with E-state index in [1.807, 2.05) is 18.7 Å². The molecule has 5 nitrogen and oxygen atoms in total. The molecule has 25 heavy (non-hydrogen) atoms. The Morgan fingerprint density at radius 3 is 2.24 bits per heavy atom. The van der Waals surface area contributed by atoms with Gasteiger partial charge in [0.05, 0.1) is 11.4 Å². The Hall–Kier alpha value is -2.82. The second-order valence-electron chi connectivity index (χ2n) is 5.91. The first-order valence-electron chi connectivity index (χ1n) is 8.62. The maximum absolute atomic E-state index is 12.7. The maximum atomic E-state index is 12.7. The molecular formula is C20H25N3O2. The third kappa shape index (κ3) is 4.83. The Morgan fingerprint density at radius 2 is 1.60 bits per heavy atom. The summed E-state index contributed by atoms with van der Waals surface area (Å²) in [5.41, 5.74) is 7.87. The molecular weight excluding hydrogens is 314 g/mol. The number of benzene rings is 2. The molecule has 0 spiro atoms. The van der Waals surface area contributed by atoms with Gasteiger partial charge in [-0.1, -0.05) is 32.0 Å². The lowest BCUT2D eigenvalue weighted by molar-refractivity contribution is 0.0755. The fourth-order valence-corrected chi connectivity index (χ4v) is 2.64. The maximum Gasteiger partial charge on any atom is 0.255 e. The molecule has 2 aromatic rings. The van der Waals surface area contributed by atoms with Gasteiger partial charge in [-0.25, -0.2) is 0 Å². The van der Waals surface area contributed by atoms with Crippen LogP contribution in [0.1, 0.15) is 47.4 Å². The number of nitrogens with one attached hydrogen (secondary N) is 1. The van der Waals surface area contributed by atoms with Crippen molar-refractivity contribution < 1.29 is 9.59 Å². The van der Waals surface area contributed by atoms with Crippen LogP contribution in [0.25, 0.3) is 0 Å². The molecule has 0 radical (unpaired) electrons. The van der Waals surface area contributed by atoms with Gasteiger partial charge in [0.25, 0.3) is 11.8 Å². The number of para-hydroxylation sites is 2. The fourth-order valence-electron chi connectivity index (χ4n) is 2.64. The van der Waals surface area contributed by atoms with Gasteiger partial charge in [0.15, 0.2) is 0 Å². The lowest BCUT2D eigenvalue weighted by Crippen LogP contribution is -2.32. The molecule has 0 saturated carbocycles. The van der Waals surface area contributed by atoms with E-state index >= 15 is 0 Å². The minimum atomic E-state index is -0.287. The highest BCUT2D eigenvalue weighted by Gasteiger charge is 2.16. The van der Waals surface area contributed by atoms with Crippen molar-refractivity contribution in [2.45, 2.75) is 26.7 Å². The minimum absolute atomic E-state index is 0.0439. The van der Waals surface area contributed by atoms with E-state index in [0.29, 0.717) is 35.6 Å². The summed E-state index contributed by atoms with van der Waals surface area (Å²) >= 11 is 0. The van der Waals surface area contributed by atoms with E-state index in [2.05, 4.69) is 5.32 Å². The van der Waals surface area contributed by atoms with Crippen LogP contribution in [0.5, 0.6) is 0 Å². The van der Waals surface area contributed by atoms with Crippen molar-refractivity contribution in [2.24, 2.45) is 0 Å². The highest BCUT2D eigenvalue weighted by molar-refractivity contribution is 6.07. The molecule has 0 fully saturated rings. The van der Waals surface area contributed by atoms with E-state index in [1.54, 1.807) is 48.5 Å².